The van der Waals surface area contributed by atoms with Crippen LogP contribution < -0.4 is 10.1 Å². The predicted octanol–water partition coefficient (Wildman–Crippen LogP) is 2.28. The maximum atomic E-state index is 13.1. The van der Waals surface area contributed by atoms with Crippen molar-refractivity contribution in [1.29, 1.82) is 0 Å². The third kappa shape index (κ3) is 2.41. The number of nitrogens with one attached hydrogen (secondary N) is 1. The van der Waals surface area contributed by atoms with Crippen LogP contribution in [0.1, 0.15) is 11.3 Å². The minimum atomic E-state index is -0.209. The summed E-state index contributed by atoms with van der Waals surface area (Å²) in [5.41, 5.74) is 2.91. The number of fused-ring (bicyclic) bond motifs is 1. The maximum Gasteiger partial charge on any atom is 0.123 e. The smallest absolute Gasteiger partial charge is 0.123 e. The van der Waals surface area contributed by atoms with E-state index < -0.39 is 0 Å². The molecule has 1 unspecified atom stereocenters. The fourth-order valence-corrected chi connectivity index (χ4v) is 2.40. The molecule has 2 heterocycles. The Balaban J connectivity index is 1.63. The lowest BCUT2D eigenvalue weighted by Gasteiger charge is -2.12. The van der Waals surface area contributed by atoms with E-state index in [2.05, 4.69) is 10.4 Å². The number of nitrogens with zero attached hydrogens (tertiary/aromatic N) is 2. The van der Waals surface area contributed by atoms with Gasteiger partial charge in [-0.15, -0.1) is 0 Å². The summed E-state index contributed by atoms with van der Waals surface area (Å²) >= 11 is 0. The number of ether oxygens (including phenoxy) is 1. The van der Waals surface area contributed by atoms with E-state index in [0.29, 0.717) is 6.54 Å². The highest BCUT2D eigenvalue weighted by Gasteiger charge is 2.23. The molecule has 3 rings (SSSR count). The van der Waals surface area contributed by atoms with E-state index >= 15 is 0 Å². The van der Waals surface area contributed by atoms with E-state index in [4.69, 9.17) is 4.74 Å². The number of benzene rings is 1. The summed E-state index contributed by atoms with van der Waals surface area (Å²) in [4.78, 5) is 0. The third-order valence-corrected chi connectivity index (χ3v) is 3.30. The van der Waals surface area contributed by atoms with Crippen LogP contribution >= 0.6 is 0 Å². The second kappa shape index (κ2) is 4.57. The van der Waals surface area contributed by atoms with Crippen LogP contribution in [0, 0.1) is 12.7 Å². The first-order valence-electron chi connectivity index (χ1n) is 6.31. The molecule has 5 heteroatoms. The summed E-state index contributed by atoms with van der Waals surface area (Å²) in [5.74, 6) is 0.579. The van der Waals surface area contributed by atoms with Crippen molar-refractivity contribution in [2.24, 2.45) is 7.05 Å². The molecule has 1 N–H and O–H groups in total. The Morgan fingerprint density at radius 2 is 2.37 bits per heavy atom. The normalized spacial score (nSPS) is 17.1. The van der Waals surface area contributed by atoms with Crippen LogP contribution in [-0.2, 0) is 13.5 Å². The SMILES string of the molecule is Cc1nn(C)cc1NCC1Cc2cc(F)ccc2O1. The second-order valence-corrected chi connectivity index (χ2v) is 4.88. The van der Waals surface area contributed by atoms with Gasteiger partial charge in [-0.2, -0.15) is 5.10 Å². The van der Waals surface area contributed by atoms with E-state index in [-0.39, 0.29) is 11.9 Å². The lowest BCUT2D eigenvalue weighted by molar-refractivity contribution is 0.246. The second-order valence-electron chi connectivity index (χ2n) is 4.88. The molecule has 19 heavy (non-hydrogen) atoms. The van der Waals surface area contributed by atoms with Gasteiger partial charge in [0, 0.05) is 25.2 Å². The Labute approximate surface area is 111 Å². The van der Waals surface area contributed by atoms with Gasteiger partial charge in [0.1, 0.15) is 17.7 Å². The van der Waals surface area contributed by atoms with Crippen molar-refractivity contribution in [3.05, 3.63) is 41.5 Å². The number of aryl methyl sites for hydroxylation is 2. The van der Waals surface area contributed by atoms with Crippen LogP contribution in [0.4, 0.5) is 10.1 Å². The number of halogens is 1. The first kappa shape index (κ1) is 12.0. The van der Waals surface area contributed by atoms with Crippen molar-refractivity contribution >= 4 is 5.69 Å². The summed E-state index contributed by atoms with van der Waals surface area (Å²) in [6, 6.07) is 4.67. The fraction of sp³-hybridized carbons (Fsp3) is 0.357. The lowest BCUT2D eigenvalue weighted by atomic mass is 10.1. The standard InChI is InChI=1S/C14H16FN3O/c1-9-13(8-18(2)17-9)16-7-12-6-10-5-11(15)3-4-14(10)19-12/h3-5,8,12,16H,6-7H2,1-2H3. The van der Waals surface area contributed by atoms with Crippen molar-refractivity contribution < 1.29 is 9.13 Å². The average molecular weight is 261 g/mol. The van der Waals surface area contributed by atoms with Crippen molar-refractivity contribution in [2.45, 2.75) is 19.4 Å². The van der Waals surface area contributed by atoms with Crippen LogP contribution in [0.5, 0.6) is 5.75 Å². The first-order valence-corrected chi connectivity index (χ1v) is 6.31. The predicted molar refractivity (Wildman–Crippen MR) is 71.0 cm³/mol. The van der Waals surface area contributed by atoms with E-state index in [1.165, 1.54) is 6.07 Å². The van der Waals surface area contributed by atoms with Crippen LogP contribution in [0.2, 0.25) is 0 Å². The summed E-state index contributed by atoms with van der Waals surface area (Å²) in [5, 5.41) is 7.59. The molecule has 4 nitrogen and oxygen atoms in total. The highest BCUT2D eigenvalue weighted by Crippen LogP contribution is 2.29. The van der Waals surface area contributed by atoms with Crippen molar-refractivity contribution in [3.63, 3.8) is 0 Å². The summed E-state index contributed by atoms with van der Waals surface area (Å²) in [7, 11) is 1.89. The number of hydrogen-bond acceptors (Lipinski definition) is 3. The summed E-state index contributed by atoms with van der Waals surface area (Å²) in [6.07, 6.45) is 2.72. The molecule has 2 aromatic rings. The third-order valence-electron chi connectivity index (χ3n) is 3.30. The zero-order valence-corrected chi connectivity index (χ0v) is 11.0. The van der Waals surface area contributed by atoms with E-state index in [0.717, 1.165) is 29.1 Å². The van der Waals surface area contributed by atoms with Gasteiger partial charge >= 0.3 is 0 Å². The number of anilines is 1. The molecule has 0 saturated carbocycles. The van der Waals surface area contributed by atoms with Crippen LogP contribution in [-0.4, -0.2) is 22.4 Å². The molecule has 0 spiro atoms. The lowest BCUT2D eigenvalue weighted by Crippen LogP contribution is -2.24. The Morgan fingerprint density at radius 1 is 1.53 bits per heavy atom. The largest absolute Gasteiger partial charge is 0.488 e. The molecule has 0 bridgehead atoms. The maximum absolute atomic E-state index is 13.1. The van der Waals surface area contributed by atoms with Gasteiger partial charge in [-0.05, 0) is 25.1 Å². The van der Waals surface area contributed by atoms with E-state index in [1.807, 2.05) is 20.2 Å². The highest BCUT2D eigenvalue weighted by molar-refractivity contribution is 5.46. The fourth-order valence-electron chi connectivity index (χ4n) is 2.40. The minimum Gasteiger partial charge on any atom is -0.488 e. The van der Waals surface area contributed by atoms with Crippen molar-refractivity contribution in [2.75, 3.05) is 11.9 Å². The molecule has 100 valence electrons. The molecule has 0 fully saturated rings. The average Bonchev–Trinajstić information content (AvgIpc) is 2.89. The van der Waals surface area contributed by atoms with Crippen LogP contribution in [0.3, 0.4) is 0 Å². The van der Waals surface area contributed by atoms with Gasteiger partial charge in [0.05, 0.1) is 17.9 Å². The number of hydrogen-bond donors (Lipinski definition) is 1. The molecule has 0 aliphatic carbocycles. The van der Waals surface area contributed by atoms with Gasteiger partial charge in [0.2, 0.25) is 0 Å². The Hall–Kier alpha value is -2.04. The first-order chi connectivity index (χ1) is 9.11. The van der Waals surface area contributed by atoms with Gasteiger partial charge < -0.3 is 10.1 Å². The van der Waals surface area contributed by atoms with Gasteiger partial charge in [0.25, 0.3) is 0 Å². The monoisotopic (exact) mass is 261 g/mol. The van der Waals surface area contributed by atoms with E-state index in [1.54, 1.807) is 16.8 Å². The summed E-state index contributed by atoms with van der Waals surface area (Å²) in [6.45, 7) is 2.64. The molecular formula is C14H16FN3O. The van der Waals surface area contributed by atoms with Gasteiger partial charge in [0.15, 0.2) is 0 Å². The zero-order valence-electron chi connectivity index (χ0n) is 11.0. The van der Waals surface area contributed by atoms with Crippen molar-refractivity contribution in [3.8, 4) is 5.75 Å². The topological polar surface area (TPSA) is 39.1 Å². The molecule has 1 atom stereocenters. The zero-order chi connectivity index (χ0) is 13.4. The van der Waals surface area contributed by atoms with Crippen LogP contribution in [0.25, 0.3) is 0 Å². The van der Waals surface area contributed by atoms with Crippen LogP contribution in [0.15, 0.2) is 24.4 Å². The quantitative estimate of drug-likeness (QED) is 0.921. The molecule has 1 aliphatic heterocycles. The number of rotatable bonds is 3. The van der Waals surface area contributed by atoms with Gasteiger partial charge in [-0.3, -0.25) is 4.68 Å². The Kier molecular flexibility index (Phi) is 2.89. The minimum absolute atomic E-state index is 0.0383. The van der Waals surface area contributed by atoms with Crippen molar-refractivity contribution in [1.82, 2.24) is 9.78 Å². The summed E-state index contributed by atoms with van der Waals surface area (Å²) < 4.78 is 20.7. The molecule has 0 radical (unpaired) electrons. The number of aromatic nitrogens is 2. The molecular weight excluding hydrogens is 245 g/mol. The van der Waals surface area contributed by atoms with E-state index in [9.17, 15) is 4.39 Å². The Morgan fingerprint density at radius 3 is 3.11 bits per heavy atom. The van der Waals surface area contributed by atoms with Gasteiger partial charge in [-0.25, -0.2) is 4.39 Å². The molecule has 1 aromatic heterocycles. The highest BCUT2D eigenvalue weighted by atomic mass is 19.1. The van der Waals surface area contributed by atoms with Gasteiger partial charge in [-0.1, -0.05) is 0 Å². The molecule has 1 aliphatic rings. The molecule has 1 aromatic carbocycles. The molecule has 0 saturated heterocycles. The Bertz CT molecular complexity index is 609. The molecule has 0 amide bonds.